The van der Waals surface area contributed by atoms with Crippen molar-refractivity contribution in [2.45, 2.75) is 38.9 Å². The summed E-state index contributed by atoms with van der Waals surface area (Å²) in [5, 5.41) is 20.5. The minimum absolute atomic E-state index is 0.147. The summed E-state index contributed by atoms with van der Waals surface area (Å²) in [5.41, 5.74) is -0.318. The molecular formula is C11H20N2O3. The van der Waals surface area contributed by atoms with Crippen molar-refractivity contribution in [1.82, 2.24) is 5.32 Å². The van der Waals surface area contributed by atoms with Crippen molar-refractivity contribution in [3.8, 4) is 6.07 Å². The number of piperidine rings is 1. The number of nitriles is 1. The topological polar surface area (TPSA) is 82.4 Å². The lowest BCUT2D eigenvalue weighted by atomic mass is 9.97. The number of hydrogen-bond donors (Lipinski definition) is 2. The largest absolute Gasteiger partial charge is 0.462 e. The van der Waals surface area contributed by atoms with Gasteiger partial charge in [-0.1, -0.05) is 0 Å². The van der Waals surface area contributed by atoms with Gasteiger partial charge in [0, 0.05) is 6.54 Å². The van der Waals surface area contributed by atoms with Gasteiger partial charge in [0.25, 0.3) is 6.47 Å². The average Bonchev–Trinajstić information content (AvgIpc) is 2.17. The van der Waals surface area contributed by atoms with Gasteiger partial charge in [0.05, 0.1) is 18.1 Å². The molecule has 16 heavy (non-hydrogen) atoms. The van der Waals surface area contributed by atoms with Gasteiger partial charge < -0.3 is 15.2 Å². The van der Waals surface area contributed by atoms with Gasteiger partial charge in [-0.3, -0.25) is 4.79 Å². The third-order valence-corrected chi connectivity index (χ3v) is 2.02. The Morgan fingerprint density at radius 3 is 2.44 bits per heavy atom. The fourth-order valence-corrected chi connectivity index (χ4v) is 1.14. The molecule has 0 saturated carbocycles. The minimum Gasteiger partial charge on any atom is -0.462 e. The van der Waals surface area contributed by atoms with Crippen LogP contribution in [-0.2, 0) is 9.53 Å². The van der Waals surface area contributed by atoms with Gasteiger partial charge in [0.1, 0.15) is 5.60 Å². The molecule has 0 aromatic heterocycles. The third kappa shape index (κ3) is 7.21. The first-order valence-corrected chi connectivity index (χ1v) is 5.30. The zero-order valence-electron chi connectivity index (χ0n) is 10.1. The Hall–Kier alpha value is -1.12. The lowest BCUT2D eigenvalue weighted by Gasteiger charge is -2.22. The molecule has 92 valence electrons. The van der Waals surface area contributed by atoms with Crippen LogP contribution in [0.15, 0.2) is 0 Å². The molecule has 1 aliphatic rings. The molecule has 5 nitrogen and oxygen atoms in total. The first kappa shape index (κ1) is 14.9. The van der Waals surface area contributed by atoms with Crippen LogP contribution in [0.4, 0.5) is 0 Å². The van der Waals surface area contributed by atoms with Gasteiger partial charge in [0.15, 0.2) is 0 Å². The zero-order valence-corrected chi connectivity index (χ0v) is 10.1. The molecule has 2 atom stereocenters. The van der Waals surface area contributed by atoms with Crippen molar-refractivity contribution < 1.29 is 14.6 Å². The second-order valence-corrected chi connectivity index (χ2v) is 4.62. The molecule has 1 aliphatic heterocycles. The molecule has 0 radical (unpaired) electrons. The van der Waals surface area contributed by atoms with E-state index >= 15 is 0 Å². The van der Waals surface area contributed by atoms with Crippen molar-refractivity contribution >= 4 is 6.47 Å². The summed E-state index contributed by atoms with van der Waals surface area (Å²) < 4.78 is 4.55. The van der Waals surface area contributed by atoms with Gasteiger partial charge in [-0.15, -0.1) is 0 Å². The van der Waals surface area contributed by atoms with Gasteiger partial charge in [-0.05, 0) is 33.7 Å². The van der Waals surface area contributed by atoms with Crippen LogP contribution in [0.5, 0.6) is 0 Å². The van der Waals surface area contributed by atoms with Gasteiger partial charge in [-0.25, -0.2) is 0 Å². The molecule has 0 unspecified atom stereocenters. The van der Waals surface area contributed by atoms with Crippen molar-refractivity contribution in [1.29, 1.82) is 5.26 Å². The number of β-amino-alcohol motifs (C(OH)–C–C–N with tert-alkyl or cyclic N) is 1. The van der Waals surface area contributed by atoms with E-state index in [1.807, 2.05) is 20.8 Å². The molecule has 1 saturated heterocycles. The van der Waals surface area contributed by atoms with Crippen LogP contribution in [0.2, 0.25) is 0 Å². The maximum absolute atomic E-state index is 9.60. The highest BCUT2D eigenvalue weighted by Crippen LogP contribution is 2.09. The van der Waals surface area contributed by atoms with E-state index in [4.69, 9.17) is 10.4 Å². The monoisotopic (exact) mass is 228 g/mol. The Balaban J connectivity index is 0.000000293. The predicted molar refractivity (Wildman–Crippen MR) is 59.5 cm³/mol. The van der Waals surface area contributed by atoms with Crippen molar-refractivity contribution in [3.05, 3.63) is 0 Å². The molecule has 2 N–H and O–H groups in total. The highest BCUT2D eigenvalue weighted by atomic mass is 16.5. The molecule has 0 bridgehead atoms. The Labute approximate surface area is 96.4 Å². The van der Waals surface area contributed by atoms with Crippen molar-refractivity contribution in [2.75, 3.05) is 13.1 Å². The van der Waals surface area contributed by atoms with Crippen LogP contribution in [0.1, 0.15) is 27.2 Å². The molecule has 0 aromatic rings. The van der Waals surface area contributed by atoms with E-state index in [2.05, 4.69) is 16.1 Å². The van der Waals surface area contributed by atoms with Gasteiger partial charge in [0.2, 0.25) is 0 Å². The molecule has 0 aliphatic carbocycles. The number of nitrogens with one attached hydrogen (secondary N) is 1. The number of aliphatic hydroxyl groups excluding tert-OH is 1. The van der Waals surface area contributed by atoms with E-state index in [1.165, 1.54) is 0 Å². The summed E-state index contributed by atoms with van der Waals surface area (Å²) in [6.45, 7) is 7.34. The minimum atomic E-state index is -0.455. The quantitative estimate of drug-likeness (QED) is 0.636. The van der Waals surface area contributed by atoms with Gasteiger partial charge in [-0.2, -0.15) is 5.26 Å². The lowest BCUT2D eigenvalue weighted by Crippen LogP contribution is -2.39. The van der Waals surface area contributed by atoms with Crippen LogP contribution in [0, 0.1) is 17.2 Å². The van der Waals surface area contributed by atoms with Crippen LogP contribution in [-0.4, -0.2) is 36.4 Å². The van der Waals surface area contributed by atoms with Crippen LogP contribution in [0.25, 0.3) is 0 Å². The molecule has 1 rings (SSSR count). The predicted octanol–water partition coefficient (Wildman–Crippen LogP) is 0.438. The van der Waals surface area contributed by atoms with E-state index < -0.39 is 6.10 Å². The summed E-state index contributed by atoms with van der Waals surface area (Å²) in [5.74, 6) is -0.147. The molecule has 0 spiro atoms. The third-order valence-electron chi connectivity index (χ3n) is 2.02. The summed E-state index contributed by atoms with van der Waals surface area (Å²) in [6, 6.07) is 2.06. The summed E-state index contributed by atoms with van der Waals surface area (Å²) in [7, 11) is 0. The normalized spacial score (nSPS) is 24.7. The Morgan fingerprint density at radius 2 is 2.19 bits per heavy atom. The fourth-order valence-electron chi connectivity index (χ4n) is 1.14. The standard InChI is InChI=1S/C6H10N2O.C5H10O2/c7-3-5-1-2-8-4-6(5)9;1-5(2,3)7-4-6/h5-6,8-9H,1-2,4H2;4H,1-3H3/t5-,6+;/m0./s1. The second-order valence-electron chi connectivity index (χ2n) is 4.62. The van der Waals surface area contributed by atoms with Crippen molar-refractivity contribution in [3.63, 3.8) is 0 Å². The zero-order chi connectivity index (χ0) is 12.6. The number of aliphatic hydroxyl groups is 1. The lowest BCUT2D eigenvalue weighted by molar-refractivity contribution is -0.138. The SMILES string of the molecule is CC(C)(C)OC=O.N#C[C@@H]1CCNC[C@H]1O. The van der Waals surface area contributed by atoms with Crippen LogP contribution in [0.3, 0.4) is 0 Å². The first-order valence-electron chi connectivity index (χ1n) is 5.30. The van der Waals surface area contributed by atoms with E-state index in [9.17, 15) is 4.79 Å². The fraction of sp³-hybridized carbons (Fsp3) is 0.818. The van der Waals surface area contributed by atoms with E-state index in [-0.39, 0.29) is 11.5 Å². The number of rotatable bonds is 1. The Bertz CT molecular complexity index is 243. The van der Waals surface area contributed by atoms with Crippen molar-refractivity contribution in [2.24, 2.45) is 5.92 Å². The highest BCUT2D eigenvalue weighted by molar-refractivity contribution is 5.37. The van der Waals surface area contributed by atoms with E-state index in [0.29, 0.717) is 13.0 Å². The number of carbonyl (C=O) groups excluding carboxylic acids is 1. The second kappa shape index (κ2) is 7.20. The summed E-state index contributed by atoms with van der Waals surface area (Å²) >= 11 is 0. The maximum Gasteiger partial charge on any atom is 0.293 e. The molecule has 1 fully saturated rings. The number of carbonyl (C=O) groups is 1. The molecule has 1 heterocycles. The number of hydrogen-bond acceptors (Lipinski definition) is 5. The Kier molecular flexibility index (Phi) is 6.70. The molecule has 0 aromatic carbocycles. The summed E-state index contributed by atoms with van der Waals surface area (Å²) in [4.78, 5) is 9.60. The molecule has 5 heteroatoms. The Morgan fingerprint density at radius 1 is 1.56 bits per heavy atom. The smallest absolute Gasteiger partial charge is 0.293 e. The van der Waals surface area contributed by atoms with E-state index in [0.717, 1.165) is 13.0 Å². The van der Waals surface area contributed by atoms with E-state index in [1.54, 1.807) is 0 Å². The maximum atomic E-state index is 9.60. The first-order chi connectivity index (χ1) is 7.40. The number of nitrogens with zero attached hydrogens (tertiary/aromatic N) is 1. The van der Waals surface area contributed by atoms with Crippen LogP contribution >= 0.6 is 0 Å². The van der Waals surface area contributed by atoms with Crippen LogP contribution < -0.4 is 5.32 Å². The molecule has 0 amide bonds. The molecular weight excluding hydrogens is 208 g/mol. The average molecular weight is 228 g/mol. The number of ether oxygens (including phenoxy) is 1. The highest BCUT2D eigenvalue weighted by Gasteiger charge is 2.21. The van der Waals surface area contributed by atoms with Gasteiger partial charge >= 0.3 is 0 Å². The summed E-state index contributed by atoms with van der Waals surface area (Å²) in [6.07, 6.45) is 0.321.